The average Bonchev–Trinajstić information content (AvgIpc) is 2.65. The number of aldehydes is 1. The Bertz CT molecular complexity index is 694. The molecule has 146 valence electrons. The van der Waals surface area contributed by atoms with Gasteiger partial charge in [-0.25, -0.2) is 0 Å². The number of hydrogen-bond acceptors (Lipinski definition) is 4. The normalized spacial score (nSPS) is 32.0. The smallest absolute Gasteiger partial charge is 0.258 e. The number of amides is 1. The molecule has 1 aromatic rings. The van der Waals surface area contributed by atoms with Crippen LogP contribution in [0.3, 0.4) is 0 Å². The van der Waals surface area contributed by atoms with Crippen molar-refractivity contribution in [2.75, 3.05) is 13.7 Å². The van der Waals surface area contributed by atoms with Crippen LogP contribution in [0.4, 0.5) is 0 Å². The van der Waals surface area contributed by atoms with Crippen molar-refractivity contribution >= 4 is 12.2 Å². The number of nitrogens with one attached hydrogen (secondary N) is 1. The van der Waals surface area contributed by atoms with Crippen LogP contribution < -0.4 is 14.8 Å². The van der Waals surface area contributed by atoms with Crippen molar-refractivity contribution in [3.8, 4) is 11.5 Å². The molecule has 0 saturated heterocycles. The molecule has 0 unspecified atom stereocenters. The predicted molar refractivity (Wildman–Crippen MR) is 102 cm³/mol. The Balaban J connectivity index is 1.37. The van der Waals surface area contributed by atoms with Crippen LogP contribution in [0, 0.1) is 23.2 Å². The van der Waals surface area contributed by atoms with Gasteiger partial charge in [-0.1, -0.05) is 0 Å². The summed E-state index contributed by atoms with van der Waals surface area (Å²) in [5.74, 6) is 3.41. The highest BCUT2D eigenvalue weighted by molar-refractivity contribution is 5.79. The van der Waals surface area contributed by atoms with Gasteiger partial charge in [0.05, 0.1) is 7.11 Å². The maximum Gasteiger partial charge on any atom is 0.258 e. The molecule has 4 bridgehead atoms. The highest BCUT2D eigenvalue weighted by atomic mass is 16.5. The Hall–Kier alpha value is -2.04. The van der Waals surface area contributed by atoms with E-state index in [-0.39, 0.29) is 24.0 Å². The zero-order valence-corrected chi connectivity index (χ0v) is 16.2. The lowest BCUT2D eigenvalue weighted by atomic mass is 9.48. The van der Waals surface area contributed by atoms with Crippen LogP contribution in [0.1, 0.15) is 55.8 Å². The summed E-state index contributed by atoms with van der Waals surface area (Å²) >= 11 is 0. The van der Waals surface area contributed by atoms with Gasteiger partial charge in [-0.05, 0) is 86.8 Å². The van der Waals surface area contributed by atoms with Crippen LogP contribution >= 0.6 is 0 Å². The molecule has 4 aliphatic rings. The second-order valence-corrected chi connectivity index (χ2v) is 8.89. The molecular formula is C22H29NO4. The molecule has 27 heavy (non-hydrogen) atoms. The minimum absolute atomic E-state index is 0.0740. The summed E-state index contributed by atoms with van der Waals surface area (Å²) in [7, 11) is 1.54. The summed E-state index contributed by atoms with van der Waals surface area (Å²) in [6.45, 7) is 2.09. The summed E-state index contributed by atoms with van der Waals surface area (Å²) in [5, 5.41) is 3.20. The average molecular weight is 371 g/mol. The molecule has 0 aliphatic heterocycles. The molecule has 5 heteroatoms. The Morgan fingerprint density at radius 2 is 1.81 bits per heavy atom. The molecule has 5 rings (SSSR count). The molecule has 1 amide bonds. The first-order valence-electron chi connectivity index (χ1n) is 10.1. The Kier molecular flexibility index (Phi) is 4.87. The van der Waals surface area contributed by atoms with E-state index >= 15 is 0 Å². The van der Waals surface area contributed by atoms with Crippen molar-refractivity contribution < 1.29 is 19.1 Å². The van der Waals surface area contributed by atoms with Gasteiger partial charge in [0, 0.05) is 11.6 Å². The largest absolute Gasteiger partial charge is 0.493 e. The third kappa shape index (κ3) is 3.56. The van der Waals surface area contributed by atoms with Crippen molar-refractivity contribution in [3.63, 3.8) is 0 Å². The highest BCUT2D eigenvalue weighted by Gasteiger charge is 2.53. The number of hydrogen-bond donors (Lipinski definition) is 1. The van der Waals surface area contributed by atoms with Crippen molar-refractivity contribution in [2.24, 2.45) is 23.2 Å². The van der Waals surface area contributed by atoms with Crippen molar-refractivity contribution in [1.29, 1.82) is 0 Å². The first-order chi connectivity index (χ1) is 13.0. The third-order valence-corrected chi connectivity index (χ3v) is 7.06. The maximum atomic E-state index is 12.5. The van der Waals surface area contributed by atoms with Gasteiger partial charge < -0.3 is 14.8 Å². The van der Waals surface area contributed by atoms with Crippen molar-refractivity contribution in [2.45, 2.75) is 51.5 Å². The van der Waals surface area contributed by atoms with E-state index in [1.165, 1.54) is 45.6 Å². The number of methoxy groups -OCH3 is 1. The summed E-state index contributed by atoms with van der Waals surface area (Å²) < 4.78 is 10.9. The van der Waals surface area contributed by atoms with E-state index in [0.717, 1.165) is 24.0 Å². The van der Waals surface area contributed by atoms with Crippen molar-refractivity contribution in [3.05, 3.63) is 23.8 Å². The first kappa shape index (κ1) is 18.3. The molecule has 0 heterocycles. The van der Waals surface area contributed by atoms with Gasteiger partial charge in [-0.2, -0.15) is 0 Å². The Morgan fingerprint density at radius 3 is 2.37 bits per heavy atom. The number of ether oxygens (including phenoxy) is 2. The Labute approximate surface area is 160 Å². The van der Waals surface area contributed by atoms with Crippen LogP contribution in [-0.2, 0) is 4.79 Å². The molecule has 1 atom stereocenters. The molecule has 5 nitrogen and oxygen atoms in total. The van der Waals surface area contributed by atoms with Crippen LogP contribution in [0.15, 0.2) is 18.2 Å². The molecule has 0 aromatic heterocycles. The maximum absolute atomic E-state index is 12.5. The fourth-order valence-corrected chi connectivity index (χ4v) is 6.17. The molecule has 4 fully saturated rings. The summed E-state index contributed by atoms with van der Waals surface area (Å²) in [6, 6.07) is 5.11. The molecule has 4 aliphatic carbocycles. The first-order valence-corrected chi connectivity index (χ1v) is 10.1. The number of carbonyl (C=O) groups is 2. The van der Waals surface area contributed by atoms with E-state index in [9.17, 15) is 9.59 Å². The molecule has 1 N–H and O–H groups in total. The lowest BCUT2D eigenvalue weighted by Crippen LogP contribution is -2.56. The number of rotatable bonds is 7. The second-order valence-electron chi connectivity index (χ2n) is 8.89. The van der Waals surface area contributed by atoms with Crippen LogP contribution in [-0.4, -0.2) is 32.0 Å². The van der Waals surface area contributed by atoms with Crippen molar-refractivity contribution in [1.82, 2.24) is 5.32 Å². The number of benzene rings is 1. The fourth-order valence-electron chi connectivity index (χ4n) is 6.17. The minimum atomic E-state index is -0.114. The van der Waals surface area contributed by atoms with Gasteiger partial charge in [0.25, 0.3) is 5.91 Å². The Morgan fingerprint density at radius 1 is 1.19 bits per heavy atom. The van der Waals surface area contributed by atoms with Gasteiger partial charge in [-0.3, -0.25) is 9.59 Å². The van der Waals surface area contributed by atoms with Gasteiger partial charge in [0.1, 0.15) is 6.29 Å². The molecule has 0 spiro atoms. The second kappa shape index (κ2) is 7.17. The summed E-state index contributed by atoms with van der Waals surface area (Å²) in [6.07, 6.45) is 8.73. The van der Waals surface area contributed by atoms with Gasteiger partial charge in [0.15, 0.2) is 18.1 Å². The van der Waals surface area contributed by atoms with E-state index in [2.05, 4.69) is 12.2 Å². The lowest BCUT2D eigenvalue weighted by Gasteiger charge is -2.59. The third-order valence-electron chi connectivity index (χ3n) is 7.06. The summed E-state index contributed by atoms with van der Waals surface area (Å²) in [5.41, 5.74) is 0.771. The molecule has 1 aromatic carbocycles. The van der Waals surface area contributed by atoms with Gasteiger partial charge >= 0.3 is 0 Å². The number of carbonyl (C=O) groups excluding carboxylic acids is 2. The van der Waals surface area contributed by atoms with Gasteiger partial charge in [0.2, 0.25) is 0 Å². The zero-order chi connectivity index (χ0) is 19.0. The van der Waals surface area contributed by atoms with E-state index in [1.807, 2.05) is 0 Å². The predicted octanol–water partition coefficient (Wildman–Crippen LogP) is 3.61. The van der Waals surface area contributed by atoms with Crippen LogP contribution in [0.5, 0.6) is 11.5 Å². The molecular weight excluding hydrogens is 342 g/mol. The molecule has 0 radical (unpaired) electrons. The zero-order valence-electron chi connectivity index (χ0n) is 16.2. The standard InChI is InChI=1S/C22H29NO4/c1-14(22-9-16-5-17(10-22)7-18(6-16)11-22)23-21(25)13-27-20-8-15(12-24)3-4-19(20)26-2/h3-4,8,12,14,16-18H,5-7,9-11,13H2,1-2H3,(H,23,25)/t14-,16?,17?,18?,22?/m0/s1. The topological polar surface area (TPSA) is 64.6 Å². The SMILES string of the molecule is COc1ccc(C=O)cc1OCC(=O)N[C@@H](C)C12CC3CC(CC(C3)C1)C2. The summed E-state index contributed by atoms with van der Waals surface area (Å²) in [4.78, 5) is 23.5. The van der Waals surface area contributed by atoms with E-state index in [0.29, 0.717) is 17.1 Å². The lowest BCUT2D eigenvalue weighted by molar-refractivity contribution is -0.127. The van der Waals surface area contributed by atoms with E-state index < -0.39 is 0 Å². The quantitative estimate of drug-likeness (QED) is 0.744. The van der Waals surface area contributed by atoms with Crippen LogP contribution in [0.2, 0.25) is 0 Å². The van der Waals surface area contributed by atoms with Crippen LogP contribution in [0.25, 0.3) is 0 Å². The fraction of sp³-hybridized carbons (Fsp3) is 0.636. The monoisotopic (exact) mass is 371 g/mol. The van der Waals surface area contributed by atoms with Gasteiger partial charge in [-0.15, -0.1) is 0 Å². The highest BCUT2D eigenvalue weighted by Crippen LogP contribution is 2.61. The van der Waals surface area contributed by atoms with E-state index in [1.54, 1.807) is 18.2 Å². The van der Waals surface area contributed by atoms with E-state index in [4.69, 9.17) is 9.47 Å². The minimum Gasteiger partial charge on any atom is -0.493 e. The molecule has 4 saturated carbocycles.